The van der Waals surface area contributed by atoms with Crippen LogP contribution in [0.1, 0.15) is 309 Å². The van der Waals surface area contributed by atoms with Crippen molar-refractivity contribution in [2.75, 3.05) is 47.5 Å². The molecule has 0 amide bonds. The van der Waals surface area contributed by atoms with Gasteiger partial charge in [0.25, 0.3) is 6.29 Å². The molecule has 9 nitrogen and oxygen atoms in total. The van der Waals surface area contributed by atoms with Gasteiger partial charge < -0.3 is 28.5 Å². The van der Waals surface area contributed by atoms with Crippen LogP contribution in [0.15, 0.2) is 12.2 Å². The quantitative estimate of drug-likeness (QED) is 0.0211. The van der Waals surface area contributed by atoms with Gasteiger partial charge in [0.2, 0.25) is 0 Å². The minimum Gasteiger partial charge on any atom is -0.477 e. The first kappa shape index (κ1) is 69.0. The molecule has 0 bridgehead atoms. The van der Waals surface area contributed by atoms with E-state index in [9.17, 15) is 19.5 Å². The lowest BCUT2D eigenvalue weighted by Crippen LogP contribution is -2.40. The molecule has 0 fully saturated rings. The molecule has 0 aliphatic carbocycles. The van der Waals surface area contributed by atoms with Gasteiger partial charge in [-0.1, -0.05) is 270 Å². The minimum atomic E-state index is -1.51. The van der Waals surface area contributed by atoms with Crippen LogP contribution in [0.2, 0.25) is 0 Å². The predicted molar refractivity (Wildman–Crippen MR) is 300 cm³/mol. The number of hydrogen-bond donors (Lipinski definition) is 1. The summed E-state index contributed by atoms with van der Waals surface area (Å²) in [6.45, 7) is 4.92. The van der Waals surface area contributed by atoms with E-state index in [1.165, 1.54) is 225 Å². The topological polar surface area (TPSA) is 108 Å². The molecule has 0 aromatic heterocycles. The van der Waals surface area contributed by atoms with E-state index in [-0.39, 0.29) is 32.2 Å². The number of ether oxygens (including phenoxy) is 4. The SMILES string of the molecule is CCCCCCCCC/C=C\CCCCCCCC(=O)OC(COC(=O)CCCCCCCCCCCCCCCCCCCCCCCCCCCCCCCC)COC(OCC[N+](C)(C)C)C(=O)O. The summed E-state index contributed by atoms with van der Waals surface area (Å²) >= 11 is 0. The summed E-state index contributed by atoms with van der Waals surface area (Å²) < 4.78 is 22.9. The van der Waals surface area contributed by atoms with Crippen molar-refractivity contribution in [2.24, 2.45) is 0 Å². The van der Waals surface area contributed by atoms with Gasteiger partial charge in [-0.3, -0.25) is 9.59 Å². The zero-order chi connectivity index (χ0) is 52.0. The van der Waals surface area contributed by atoms with E-state index < -0.39 is 24.3 Å². The number of unbranched alkanes of at least 4 members (excludes halogenated alkanes) is 41. The molecule has 0 aliphatic heterocycles. The van der Waals surface area contributed by atoms with Gasteiger partial charge in [-0.25, -0.2) is 4.79 Å². The lowest BCUT2D eigenvalue weighted by atomic mass is 10.0. The summed E-state index contributed by atoms with van der Waals surface area (Å²) in [5.41, 5.74) is 0. The summed E-state index contributed by atoms with van der Waals surface area (Å²) in [4.78, 5) is 37.4. The number of carbonyl (C=O) groups excluding carboxylic acids is 2. The molecule has 0 spiro atoms. The van der Waals surface area contributed by atoms with Gasteiger partial charge in [0.1, 0.15) is 13.2 Å². The molecule has 9 heteroatoms. The summed E-state index contributed by atoms with van der Waals surface area (Å²) in [5, 5.41) is 9.70. The predicted octanol–water partition coefficient (Wildman–Crippen LogP) is 18.1. The smallest absolute Gasteiger partial charge is 0.361 e. The summed E-state index contributed by atoms with van der Waals surface area (Å²) in [6.07, 6.45) is 60.3. The molecular weight excluding hydrogens is 887 g/mol. The first-order valence-electron chi connectivity index (χ1n) is 30.9. The third kappa shape index (κ3) is 55.6. The maximum Gasteiger partial charge on any atom is 0.361 e. The Morgan fingerprint density at radius 2 is 0.718 bits per heavy atom. The van der Waals surface area contributed by atoms with Crippen molar-refractivity contribution in [1.82, 2.24) is 0 Å². The van der Waals surface area contributed by atoms with Crippen molar-refractivity contribution in [3.05, 3.63) is 12.2 Å². The summed E-state index contributed by atoms with van der Waals surface area (Å²) in [7, 11) is 5.98. The zero-order valence-electron chi connectivity index (χ0n) is 47.9. The molecule has 0 radical (unpaired) electrons. The summed E-state index contributed by atoms with van der Waals surface area (Å²) in [6, 6.07) is 0. The Labute approximate surface area is 440 Å². The van der Waals surface area contributed by atoms with Crippen LogP contribution in [0.3, 0.4) is 0 Å². The number of nitrogens with zero attached hydrogens (tertiary/aromatic N) is 1. The van der Waals surface area contributed by atoms with E-state index in [0.717, 1.165) is 51.4 Å². The van der Waals surface area contributed by atoms with Gasteiger partial charge in [0, 0.05) is 12.8 Å². The maximum absolute atomic E-state index is 12.8. The molecule has 71 heavy (non-hydrogen) atoms. The second-order valence-corrected chi connectivity index (χ2v) is 22.4. The Morgan fingerprint density at radius 3 is 1.04 bits per heavy atom. The molecule has 0 saturated heterocycles. The number of hydrogen-bond acceptors (Lipinski definition) is 7. The van der Waals surface area contributed by atoms with Crippen molar-refractivity contribution >= 4 is 17.9 Å². The number of aliphatic carboxylic acids is 1. The van der Waals surface area contributed by atoms with E-state index in [2.05, 4.69) is 26.0 Å². The van der Waals surface area contributed by atoms with E-state index in [4.69, 9.17) is 18.9 Å². The van der Waals surface area contributed by atoms with Crippen LogP contribution in [0, 0.1) is 0 Å². The largest absolute Gasteiger partial charge is 0.477 e. The highest BCUT2D eigenvalue weighted by molar-refractivity contribution is 5.71. The van der Waals surface area contributed by atoms with Crippen LogP contribution in [-0.4, -0.2) is 87.4 Å². The van der Waals surface area contributed by atoms with E-state index in [0.29, 0.717) is 23.9 Å². The second-order valence-electron chi connectivity index (χ2n) is 22.4. The first-order valence-corrected chi connectivity index (χ1v) is 30.9. The molecule has 0 aliphatic rings. The van der Waals surface area contributed by atoms with Crippen molar-refractivity contribution in [1.29, 1.82) is 0 Å². The molecule has 2 unspecified atom stereocenters. The van der Waals surface area contributed by atoms with Gasteiger partial charge in [-0.2, -0.15) is 0 Å². The average molecular weight is 1010 g/mol. The van der Waals surface area contributed by atoms with Gasteiger partial charge in [0.05, 0.1) is 34.4 Å². The molecule has 420 valence electrons. The fourth-order valence-electron chi connectivity index (χ4n) is 9.25. The van der Waals surface area contributed by atoms with E-state index >= 15 is 0 Å². The number of rotatable bonds is 58. The van der Waals surface area contributed by atoms with Crippen molar-refractivity contribution in [3.8, 4) is 0 Å². The van der Waals surface area contributed by atoms with Crippen molar-refractivity contribution < 1.29 is 42.9 Å². The second kappa shape index (κ2) is 54.3. The number of allylic oxidation sites excluding steroid dienone is 2. The number of carbonyl (C=O) groups is 3. The highest BCUT2D eigenvalue weighted by Gasteiger charge is 2.25. The van der Waals surface area contributed by atoms with Crippen LogP contribution in [0.25, 0.3) is 0 Å². The third-order valence-electron chi connectivity index (χ3n) is 14.0. The highest BCUT2D eigenvalue weighted by atomic mass is 16.7. The molecule has 0 heterocycles. The highest BCUT2D eigenvalue weighted by Crippen LogP contribution is 2.18. The van der Waals surface area contributed by atoms with Gasteiger partial charge in [-0.05, 0) is 38.5 Å². The van der Waals surface area contributed by atoms with Crippen molar-refractivity contribution in [3.63, 3.8) is 0 Å². The Morgan fingerprint density at radius 1 is 0.408 bits per heavy atom. The average Bonchev–Trinajstić information content (AvgIpc) is 3.34. The Kier molecular flexibility index (Phi) is 52.8. The molecule has 0 rings (SSSR count). The van der Waals surface area contributed by atoms with E-state index in [1.54, 1.807) is 0 Å². The standard InChI is InChI=1S/C62H119NO8/c1-6-8-10-12-14-16-18-20-22-24-25-26-27-28-29-30-31-32-33-34-35-36-37-39-40-42-44-46-48-50-52-59(64)69-56-58(57-70-62(61(66)67)68-55-54-63(3,4)5)71-60(65)53-51-49-47-45-43-41-38-23-21-19-17-15-13-11-9-7-2/h23,38,58,62H,6-22,24-37,39-57H2,1-5H3/p+1/b38-23-. The molecular formula is C62H120NO8+. The Balaban J connectivity index is 4.07. The normalized spacial score (nSPS) is 12.7. The first-order chi connectivity index (χ1) is 34.6. The number of esters is 2. The van der Waals surface area contributed by atoms with E-state index in [1.807, 2.05) is 21.1 Å². The van der Waals surface area contributed by atoms with Crippen LogP contribution in [0.4, 0.5) is 0 Å². The zero-order valence-corrected chi connectivity index (χ0v) is 47.9. The van der Waals surface area contributed by atoms with Crippen LogP contribution in [-0.2, 0) is 33.3 Å². The molecule has 0 saturated carbocycles. The van der Waals surface area contributed by atoms with Crippen LogP contribution < -0.4 is 0 Å². The number of carboxylic acid groups (broad SMARTS) is 1. The Hall–Kier alpha value is -1.97. The molecule has 0 aromatic rings. The molecule has 0 aromatic carbocycles. The van der Waals surface area contributed by atoms with Gasteiger partial charge >= 0.3 is 17.9 Å². The maximum atomic E-state index is 12.8. The lowest BCUT2D eigenvalue weighted by Gasteiger charge is -2.25. The lowest BCUT2D eigenvalue weighted by molar-refractivity contribution is -0.870. The summed E-state index contributed by atoms with van der Waals surface area (Å²) in [5.74, 6) is -1.99. The van der Waals surface area contributed by atoms with Crippen LogP contribution >= 0.6 is 0 Å². The molecule has 1 N–H and O–H groups in total. The van der Waals surface area contributed by atoms with Gasteiger partial charge in [-0.15, -0.1) is 0 Å². The van der Waals surface area contributed by atoms with Crippen molar-refractivity contribution in [2.45, 2.75) is 322 Å². The number of quaternary nitrogens is 1. The number of likely N-dealkylation sites (N-methyl/N-ethyl adjacent to an activating group) is 1. The monoisotopic (exact) mass is 1010 g/mol. The number of carboxylic acids is 1. The molecule has 2 atom stereocenters. The van der Waals surface area contributed by atoms with Gasteiger partial charge in [0.15, 0.2) is 6.10 Å². The van der Waals surface area contributed by atoms with Crippen LogP contribution in [0.5, 0.6) is 0 Å². The fourth-order valence-corrected chi connectivity index (χ4v) is 9.25. The Bertz CT molecular complexity index is 1170. The fraction of sp³-hybridized carbons (Fsp3) is 0.919. The minimum absolute atomic E-state index is 0.179. The third-order valence-corrected chi connectivity index (χ3v) is 14.0.